The molecule has 1 atom stereocenters. The third kappa shape index (κ3) is 4.59. The van der Waals surface area contributed by atoms with Crippen LogP contribution in [0.3, 0.4) is 0 Å². The van der Waals surface area contributed by atoms with Crippen molar-refractivity contribution >= 4 is 23.5 Å². The van der Waals surface area contributed by atoms with Gasteiger partial charge in [-0.2, -0.15) is 4.98 Å². The van der Waals surface area contributed by atoms with E-state index in [4.69, 9.17) is 26.0 Å². The van der Waals surface area contributed by atoms with E-state index in [1.165, 1.54) is 4.90 Å². The number of benzene rings is 1. The van der Waals surface area contributed by atoms with E-state index in [0.717, 1.165) is 5.56 Å². The number of morpholine rings is 1. The van der Waals surface area contributed by atoms with E-state index in [1.54, 1.807) is 24.3 Å². The molecule has 3 rings (SSSR count). The summed E-state index contributed by atoms with van der Waals surface area (Å²) in [5.41, 5.74) is 0.800. The Hall–Kier alpha value is -2.45. The first-order valence-electron chi connectivity index (χ1n) is 8.23. The van der Waals surface area contributed by atoms with Gasteiger partial charge in [0.05, 0.1) is 13.2 Å². The number of carboxylic acids is 1. The van der Waals surface area contributed by atoms with Gasteiger partial charge in [-0.3, -0.25) is 4.79 Å². The van der Waals surface area contributed by atoms with Crippen LogP contribution < -0.4 is 0 Å². The first-order valence-corrected chi connectivity index (χ1v) is 8.61. The molecule has 0 saturated carbocycles. The lowest BCUT2D eigenvalue weighted by Gasteiger charge is -2.30. The predicted molar refractivity (Wildman–Crippen MR) is 91.6 cm³/mol. The van der Waals surface area contributed by atoms with E-state index in [-0.39, 0.29) is 25.5 Å². The zero-order valence-electron chi connectivity index (χ0n) is 13.9. The van der Waals surface area contributed by atoms with Crippen molar-refractivity contribution in [2.75, 3.05) is 19.7 Å². The normalized spacial score (nSPS) is 17.3. The van der Waals surface area contributed by atoms with Crippen LogP contribution in [-0.4, -0.2) is 57.8 Å². The molecular formula is C17H18ClN3O5. The van der Waals surface area contributed by atoms with Crippen LogP contribution in [0.2, 0.25) is 5.02 Å². The van der Waals surface area contributed by atoms with Crippen LogP contribution >= 0.6 is 11.6 Å². The number of rotatable bonds is 6. The van der Waals surface area contributed by atoms with Gasteiger partial charge >= 0.3 is 5.97 Å². The quantitative estimate of drug-likeness (QED) is 0.818. The molecule has 1 aliphatic heterocycles. The minimum absolute atomic E-state index is 0.0788. The summed E-state index contributed by atoms with van der Waals surface area (Å²) in [5, 5.41) is 13.5. The largest absolute Gasteiger partial charge is 0.479 e. The van der Waals surface area contributed by atoms with Crippen molar-refractivity contribution < 1.29 is 24.0 Å². The van der Waals surface area contributed by atoms with Crippen molar-refractivity contribution in [3.8, 4) is 11.4 Å². The van der Waals surface area contributed by atoms with E-state index in [0.29, 0.717) is 36.1 Å². The van der Waals surface area contributed by atoms with Crippen molar-refractivity contribution in [3.05, 3.63) is 35.2 Å². The number of aromatic nitrogens is 2. The van der Waals surface area contributed by atoms with Crippen LogP contribution in [0.1, 0.15) is 18.7 Å². The number of aryl methyl sites for hydroxylation is 1. The molecule has 8 nitrogen and oxygen atoms in total. The van der Waals surface area contributed by atoms with Crippen LogP contribution in [0, 0.1) is 0 Å². The van der Waals surface area contributed by atoms with Gasteiger partial charge in [-0.25, -0.2) is 4.79 Å². The van der Waals surface area contributed by atoms with Crippen LogP contribution in [-0.2, 0) is 20.7 Å². The second-order valence-corrected chi connectivity index (χ2v) is 6.35. The molecule has 1 saturated heterocycles. The molecule has 0 aliphatic carbocycles. The number of carboxylic acid groups (broad SMARTS) is 1. The molecule has 26 heavy (non-hydrogen) atoms. The highest BCUT2D eigenvalue weighted by Gasteiger charge is 2.28. The molecule has 1 aromatic carbocycles. The van der Waals surface area contributed by atoms with Crippen molar-refractivity contribution in [3.63, 3.8) is 0 Å². The second kappa shape index (κ2) is 8.29. The summed E-state index contributed by atoms with van der Waals surface area (Å²) in [7, 11) is 0. The topological polar surface area (TPSA) is 106 Å². The summed E-state index contributed by atoms with van der Waals surface area (Å²) in [4.78, 5) is 29.0. The number of hydrogen-bond acceptors (Lipinski definition) is 6. The number of hydrogen-bond donors (Lipinski definition) is 1. The number of halogens is 1. The fourth-order valence-electron chi connectivity index (χ4n) is 2.65. The highest BCUT2D eigenvalue weighted by atomic mass is 35.5. The number of amides is 1. The van der Waals surface area contributed by atoms with E-state index in [2.05, 4.69) is 10.1 Å². The highest BCUT2D eigenvalue weighted by Crippen LogP contribution is 2.19. The van der Waals surface area contributed by atoms with Gasteiger partial charge in [0.2, 0.25) is 17.6 Å². The summed E-state index contributed by atoms with van der Waals surface area (Å²) in [6.07, 6.45) is 0.339. The van der Waals surface area contributed by atoms with Crippen molar-refractivity contribution in [1.29, 1.82) is 0 Å². The molecule has 0 spiro atoms. The van der Waals surface area contributed by atoms with E-state index < -0.39 is 12.1 Å². The molecule has 0 unspecified atom stereocenters. The maximum absolute atomic E-state index is 12.2. The number of carbonyl (C=O) groups is 2. The average Bonchev–Trinajstić information content (AvgIpc) is 3.11. The molecule has 1 N–H and O–H groups in total. The minimum atomic E-state index is -1.05. The van der Waals surface area contributed by atoms with Crippen LogP contribution in [0.15, 0.2) is 28.8 Å². The molecule has 2 aromatic rings. The lowest BCUT2D eigenvalue weighted by Crippen LogP contribution is -2.48. The number of ether oxygens (including phenoxy) is 1. The Balaban J connectivity index is 1.48. The van der Waals surface area contributed by atoms with Gasteiger partial charge in [0, 0.05) is 30.0 Å². The molecule has 0 radical (unpaired) electrons. The van der Waals surface area contributed by atoms with Gasteiger partial charge < -0.3 is 19.3 Å². The molecule has 1 amide bonds. The predicted octanol–water partition coefficient (Wildman–Crippen LogP) is 2.02. The summed E-state index contributed by atoms with van der Waals surface area (Å²) in [5.74, 6) is -0.228. The molecule has 1 aromatic heterocycles. The van der Waals surface area contributed by atoms with E-state index in [9.17, 15) is 9.59 Å². The first-order chi connectivity index (χ1) is 12.5. The van der Waals surface area contributed by atoms with Crippen molar-refractivity contribution in [2.45, 2.75) is 25.4 Å². The van der Waals surface area contributed by atoms with E-state index in [1.807, 2.05) is 0 Å². The molecule has 138 valence electrons. The van der Waals surface area contributed by atoms with Crippen molar-refractivity contribution in [1.82, 2.24) is 15.0 Å². The van der Waals surface area contributed by atoms with Gasteiger partial charge in [0.25, 0.3) is 0 Å². The zero-order valence-corrected chi connectivity index (χ0v) is 14.7. The highest BCUT2D eigenvalue weighted by molar-refractivity contribution is 6.30. The lowest BCUT2D eigenvalue weighted by molar-refractivity contribution is -0.159. The number of carbonyl (C=O) groups excluding carboxylic acids is 1. The van der Waals surface area contributed by atoms with Crippen LogP contribution in [0.5, 0.6) is 0 Å². The molecular weight excluding hydrogens is 362 g/mol. The molecule has 2 heterocycles. The fraction of sp³-hybridized carbons (Fsp3) is 0.412. The van der Waals surface area contributed by atoms with Gasteiger partial charge in [0.15, 0.2) is 6.10 Å². The second-order valence-electron chi connectivity index (χ2n) is 5.91. The lowest BCUT2D eigenvalue weighted by atomic mass is 10.2. The van der Waals surface area contributed by atoms with E-state index >= 15 is 0 Å². The van der Waals surface area contributed by atoms with Crippen molar-refractivity contribution in [2.24, 2.45) is 0 Å². The summed E-state index contributed by atoms with van der Waals surface area (Å²) in [6.45, 7) is 0.718. The Morgan fingerprint density at radius 1 is 1.31 bits per heavy atom. The molecule has 9 heteroatoms. The SMILES string of the molecule is O=C(O)[C@H]1CN(C(=O)CCCc2nc(-c3ccc(Cl)cc3)no2)CCO1. The van der Waals surface area contributed by atoms with Gasteiger partial charge in [0.1, 0.15) is 0 Å². The Labute approximate surface area is 154 Å². The van der Waals surface area contributed by atoms with Gasteiger partial charge in [-0.05, 0) is 30.7 Å². The first kappa shape index (κ1) is 18.3. The summed E-state index contributed by atoms with van der Waals surface area (Å²) >= 11 is 5.85. The third-order valence-corrected chi connectivity index (χ3v) is 4.30. The summed E-state index contributed by atoms with van der Waals surface area (Å²) < 4.78 is 10.3. The molecule has 1 aliphatic rings. The molecule has 1 fully saturated rings. The minimum Gasteiger partial charge on any atom is -0.479 e. The van der Waals surface area contributed by atoms with Gasteiger partial charge in [-0.1, -0.05) is 16.8 Å². The smallest absolute Gasteiger partial charge is 0.334 e. The Kier molecular flexibility index (Phi) is 5.85. The van der Waals surface area contributed by atoms with Gasteiger partial charge in [-0.15, -0.1) is 0 Å². The third-order valence-electron chi connectivity index (χ3n) is 4.05. The summed E-state index contributed by atoms with van der Waals surface area (Å²) in [6, 6.07) is 7.10. The monoisotopic (exact) mass is 379 g/mol. The Morgan fingerprint density at radius 2 is 2.08 bits per heavy atom. The Bertz CT molecular complexity index is 777. The average molecular weight is 380 g/mol. The van der Waals surface area contributed by atoms with Crippen LogP contribution in [0.25, 0.3) is 11.4 Å². The Morgan fingerprint density at radius 3 is 2.81 bits per heavy atom. The fourth-order valence-corrected chi connectivity index (χ4v) is 2.77. The number of nitrogens with zero attached hydrogens (tertiary/aromatic N) is 3. The zero-order chi connectivity index (χ0) is 18.5. The van der Waals surface area contributed by atoms with Crippen LogP contribution in [0.4, 0.5) is 0 Å². The maximum Gasteiger partial charge on any atom is 0.334 e. The standard InChI is InChI=1S/C17H18ClN3O5/c18-12-6-4-11(5-7-12)16-19-14(26-20-16)2-1-3-15(22)21-8-9-25-13(10-21)17(23)24/h4-7,13H,1-3,8-10H2,(H,23,24)/t13-/m1/s1. The maximum atomic E-state index is 12.2. The number of aliphatic carboxylic acids is 1. The molecule has 0 bridgehead atoms.